The maximum Gasteiger partial charge on any atom is 0.118 e. The van der Waals surface area contributed by atoms with E-state index < -0.39 is 0 Å². The number of rotatable bonds is 4. The Morgan fingerprint density at radius 3 is 1.77 bits per heavy atom. The molecule has 0 aliphatic rings. The van der Waals surface area contributed by atoms with Gasteiger partial charge in [0.05, 0.1) is 30.4 Å². The van der Waals surface area contributed by atoms with Gasteiger partial charge in [-0.2, -0.15) is 0 Å². The number of hydrogen-bond donors (Lipinski definition) is 0. The van der Waals surface area contributed by atoms with Gasteiger partial charge in [0.2, 0.25) is 0 Å². The Hall–Kier alpha value is -3.46. The van der Waals surface area contributed by atoms with Crippen LogP contribution in [0.1, 0.15) is 0 Å². The molecule has 0 radical (unpaired) electrons. The van der Waals surface area contributed by atoms with Crippen molar-refractivity contribution in [3.63, 3.8) is 0 Å². The Kier molecular flexibility index (Phi) is 4.44. The third kappa shape index (κ3) is 3.20. The molecule has 26 heavy (non-hydrogen) atoms. The fourth-order valence-corrected chi connectivity index (χ4v) is 2.89. The van der Waals surface area contributed by atoms with E-state index in [9.17, 15) is 0 Å². The van der Waals surface area contributed by atoms with Crippen LogP contribution in [-0.4, -0.2) is 17.1 Å². The topological polar surface area (TPSA) is 35.0 Å². The van der Waals surface area contributed by atoms with E-state index in [1.54, 1.807) is 7.11 Å². The molecule has 0 unspecified atom stereocenters. The molecule has 126 valence electrons. The lowest BCUT2D eigenvalue weighted by Gasteiger charge is -2.11. The molecule has 0 spiro atoms. The third-order valence-corrected chi connectivity index (χ3v) is 4.25. The van der Waals surface area contributed by atoms with Crippen molar-refractivity contribution in [2.75, 3.05) is 7.11 Å². The molecule has 0 saturated heterocycles. The Morgan fingerprint density at radius 1 is 0.615 bits per heavy atom. The molecule has 0 saturated carbocycles. The molecular formula is C23H18N2O. The van der Waals surface area contributed by atoms with Crippen LogP contribution in [0.5, 0.6) is 5.75 Å². The number of nitrogens with zero attached hydrogens (tertiary/aromatic N) is 2. The summed E-state index contributed by atoms with van der Waals surface area (Å²) in [7, 11) is 1.66. The highest BCUT2D eigenvalue weighted by atomic mass is 16.5. The molecule has 0 fully saturated rings. The SMILES string of the molecule is COc1ccc(-c2cnc(-c3ccccc3)c(-c3ccccc3)n2)cc1. The lowest BCUT2D eigenvalue weighted by molar-refractivity contribution is 0.415. The highest BCUT2D eigenvalue weighted by molar-refractivity contribution is 5.79. The van der Waals surface area contributed by atoms with Gasteiger partial charge >= 0.3 is 0 Å². The van der Waals surface area contributed by atoms with Crippen LogP contribution >= 0.6 is 0 Å². The van der Waals surface area contributed by atoms with Gasteiger partial charge in [-0.05, 0) is 24.3 Å². The molecule has 0 N–H and O–H groups in total. The van der Waals surface area contributed by atoms with Crippen LogP contribution in [-0.2, 0) is 0 Å². The molecule has 3 heteroatoms. The van der Waals surface area contributed by atoms with Crippen LogP contribution in [0.3, 0.4) is 0 Å². The average Bonchev–Trinajstić information content (AvgIpc) is 2.75. The van der Waals surface area contributed by atoms with E-state index in [0.29, 0.717) is 0 Å². The van der Waals surface area contributed by atoms with Gasteiger partial charge in [0.15, 0.2) is 0 Å². The second-order valence-corrected chi connectivity index (χ2v) is 5.91. The van der Waals surface area contributed by atoms with Gasteiger partial charge in [-0.15, -0.1) is 0 Å². The van der Waals surface area contributed by atoms with Crippen LogP contribution in [0.2, 0.25) is 0 Å². The molecule has 0 aliphatic heterocycles. The minimum absolute atomic E-state index is 0.825. The Labute approximate surface area is 153 Å². The van der Waals surface area contributed by atoms with Crippen LogP contribution in [0.4, 0.5) is 0 Å². The zero-order valence-electron chi connectivity index (χ0n) is 14.5. The van der Waals surface area contributed by atoms with E-state index >= 15 is 0 Å². The van der Waals surface area contributed by atoms with Gasteiger partial charge in [-0.1, -0.05) is 60.7 Å². The summed E-state index contributed by atoms with van der Waals surface area (Å²) < 4.78 is 5.24. The maximum absolute atomic E-state index is 5.24. The van der Waals surface area contributed by atoms with Crippen molar-refractivity contribution in [3.8, 4) is 39.5 Å². The van der Waals surface area contributed by atoms with Gasteiger partial charge in [0.1, 0.15) is 5.75 Å². The summed E-state index contributed by atoms with van der Waals surface area (Å²) in [6.07, 6.45) is 1.83. The number of ether oxygens (including phenoxy) is 1. The van der Waals surface area contributed by atoms with Gasteiger partial charge < -0.3 is 4.74 Å². The molecule has 3 nitrogen and oxygen atoms in total. The van der Waals surface area contributed by atoms with Crippen molar-refractivity contribution in [1.29, 1.82) is 0 Å². The molecule has 1 heterocycles. The van der Waals surface area contributed by atoms with Crippen molar-refractivity contribution in [2.24, 2.45) is 0 Å². The van der Waals surface area contributed by atoms with Crippen LogP contribution < -0.4 is 4.74 Å². The maximum atomic E-state index is 5.24. The van der Waals surface area contributed by atoms with Gasteiger partial charge in [0.25, 0.3) is 0 Å². The summed E-state index contributed by atoms with van der Waals surface area (Å²) in [5.74, 6) is 0.825. The third-order valence-electron chi connectivity index (χ3n) is 4.25. The van der Waals surface area contributed by atoms with Crippen molar-refractivity contribution in [3.05, 3.63) is 91.1 Å². The molecule has 0 amide bonds. The highest BCUT2D eigenvalue weighted by Crippen LogP contribution is 2.31. The molecule has 0 atom stereocenters. The molecular weight excluding hydrogens is 320 g/mol. The van der Waals surface area contributed by atoms with Crippen molar-refractivity contribution in [2.45, 2.75) is 0 Å². The van der Waals surface area contributed by atoms with E-state index in [1.807, 2.05) is 66.9 Å². The second kappa shape index (κ2) is 7.19. The molecule has 0 aliphatic carbocycles. The molecule has 4 aromatic rings. The predicted molar refractivity (Wildman–Crippen MR) is 105 cm³/mol. The fourth-order valence-electron chi connectivity index (χ4n) is 2.89. The van der Waals surface area contributed by atoms with Crippen molar-refractivity contribution >= 4 is 0 Å². The van der Waals surface area contributed by atoms with Gasteiger partial charge in [0, 0.05) is 16.7 Å². The lowest BCUT2D eigenvalue weighted by atomic mass is 10.0. The first kappa shape index (κ1) is 16.0. The zero-order valence-corrected chi connectivity index (χ0v) is 14.5. The second-order valence-electron chi connectivity index (χ2n) is 5.91. The first-order chi connectivity index (χ1) is 12.8. The summed E-state index contributed by atoms with van der Waals surface area (Å²) in [6, 6.07) is 28.2. The van der Waals surface area contributed by atoms with Crippen LogP contribution in [0.15, 0.2) is 91.1 Å². The minimum Gasteiger partial charge on any atom is -0.497 e. The van der Waals surface area contributed by atoms with Crippen LogP contribution in [0.25, 0.3) is 33.8 Å². The zero-order chi connectivity index (χ0) is 17.8. The monoisotopic (exact) mass is 338 g/mol. The Balaban J connectivity index is 1.86. The molecule has 1 aromatic heterocycles. The summed E-state index contributed by atoms with van der Waals surface area (Å²) in [5.41, 5.74) is 5.72. The summed E-state index contributed by atoms with van der Waals surface area (Å²) >= 11 is 0. The number of methoxy groups -OCH3 is 1. The fraction of sp³-hybridized carbons (Fsp3) is 0.0435. The average molecular weight is 338 g/mol. The smallest absolute Gasteiger partial charge is 0.118 e. The van der Waals surface area contributed by atoms with Crippen LogP contribution in [0, 0.1) is 0 Å². The molecule has 0 bridgehead atoms. The quantitative estimate of drug-likeness (QED) is 0.494. The first-order valence-electron chi connectivity index (χ1n) is 8.47. The van der Waals surface area contributed by atoms with Gasteiger partial charge in [-0.3, -0.25) is 4.98 Å². The van der Waals surface area contributed by atoms with Crippen molar-refractivity contribution in [1.82, 2.24) is 9.97 Å². The minimum atomic E-state index is 0.825. The standard InChI is InChI=1S/C23H18N2O/c1-26-20-14-12-17(13-15-20)21-16-24-22(18-8-4-2-5-9-18)23(25-21)19-10-6-3-7-11-19/h2-16H,1H3. The number of aromatic nitrogens is 2. The largest absolute Gasteiger partial charge is 0.497 e. The normalized spacial score (nSPS) is 10.5. The Bertz CT molecular complexity index is 997. The van der Waals surface area contributed by atoms with Crippen molar-refractivity contribution < 1.29 is 4.74 Å². The number of hydrogen-bond acceptors (Lipinski definition) is 3. The molecule has 4 rings (SSSR count). The summed E-state index contributed by atoms with van der Waals surface area (Å²) in [4.78, 5) is 9.69. The van der Waals surface area contributed by atoms with Gasteiger partial charge in [-0.25, -0.2) is 4.98 Å². The van der Waals surface area contributed by atoms with E-state index in [1.165, 1.54) is 0 Å². The van der Waals surface area contributed by atoms with E-state index in [-0.39, 0.29) is 0 Å². The lowest BCUT2D eigenvalue weighted by Crippen LogP contribution is -1.96. The Morgan fingerprint density at radius 2 is 1.19 bits per heavy atom. The van der Waals surface area contributed by atoms with E-state index in [2.05, 4.69) is 24.3 Å². The molecule has 3 aromatic carbocycles. The predicted octanol–water partition coefficient (Wildman–Crippen LogP) is 5.49. The number of benzene rings is 3. The summed E-state index contributed by atoms with van der Waals surface area (Å²) in [6.45, 7) is 0. The van der Waals surface area contributed by atoms with E-state index in [4.69, 9.17) is 14.7 Å². The van der Waals surface area contributed by atoms with E-state index in [0.717, 1.165) is 39.5 Å². The first-order valence-corrected chi connectivity index (χ1v) is 8.47. The summed E-state index contributed by atoms with van der Waals surface area (Å²) in [5, 5.41) is 0. The highest BCUT2D eigenvalue weighted by Gasteiger charge is 2.13.